The quantitative estimate of drug-likeness (QED) is 0.400. The van der Waals surface area contributed by atoms with Crippen molar-refractivity contribution in [2.24, 2.45) is 4.99 Å². The number of aryl methyl sites for hydroxylation is 1. The minimum atomic E-state index is -4.57. The Morgan fingerprint density at radius 2 is 2.04 bits per heavy atom. The van der Waals surface area contributed by atoms with E-state index in [0.29, 0.717) is 15.9 Å². The number of nitrogens with zero attached hydrogens (tertiary/aromatic N) is 3. The second-order valence-corrected chi connectivity index (χ2v) is 6.70. The average Bonchev–Trinajstić information content (AvgIpc) is 2.54. The second-order valence-electron chi connectivity index (χ2n) is 5.44. The van der Waals surface area contributed by atoms with Crippen molar-refractivity contribution in [3.8, 4) is 11.6 Å². The molecule has 0 fully saturated rings. The molecule has 1 aromatic heterocycles. The van der Waals surface area contributed by atoms with Crippen molar-refractivity contribution in [3.05, 3.63) is 45.0 Å². The molecule has 1 aromatic carbocycles. The summed E-state index contributed by atoms with van der Waals surface area (Å²) in [5, 5.41) is -0.389. The van der Waals surface area contributed by atoms with Gasteiger partial charge >= 0.3 is 6.18 Å². The zero-order chi connectivity index (χ0) is 19.5. The molecule has 2 aromatic rings. The van der Waals surface area contributed by atoms with E-state index in [9.17, 15) is 13.2 Å². The lowest BCUT2D eigenvalue weighted by Crippen LogP contribution is -2.14. The van der Waals surface area contributed by atoms with Crippen LogP contribution < -0.4 is 4.74 Å². The Labute approximate surface area is 162 Å². The van der Waals surface area contributed by atoms with E-state index >= 15 is 0 Å². The van der Waals surface area contributed by atoms with Crippen LogP contribution in [0.5, 0.6) is 11.6 Å². The van der Waals surface area contributed by atoms with Gasteiger partial charge in [0.2, 0.25) is 5.88 Å². The lowest BCUT2D eigenvalue weighted by atomic mass is 10.2. The van der Waals surface area contributed by atoms with Gasteiger partial charge in [0.25, 0.3) is 0 Å². The highest BCUT2D eigenvalue weighted by Gasteiger charge is 2.33. The maximum Gasteiger partial charge on any atom is 0.417 e. The van der Waals surface area contributed by atoms with Gasteiger partial charge in [0.1, 0.15) is 11.4 Å². The number of aromatic nitrogens is 1. The van der Waals surface area contributed by atoms with Crippen molar-refractivity contribution >= 4 is 39.6 Å². The number of aliphatic imine (C=N–C) groups is 1. The maximum absolute atomic E-state index is 12.9. The van der Waals surface area contributed by atoms with Gasteiger partial charge in [-0.05, 0) is 48.0 Å². The highest BCUT2D eigenvalue weighted by Crippen LogP contribution is 2.38. The van der Waals surface area contributed by atoms with Crippen LogP contribution in [-0.2, 0) is 6.18 Å². The van der Waals surface area contributed by atoms with E-state index in [-0.39, 0.29) is 16.7 Å². The molecule has 0 spiro atoms. The third kappa shape index (κ3) is 5.11. The van der Waals surface area contributed by atoms with Gasteiger partial charge in [0.05, 0.1) is 27.1 Å². The summed E-state index contributed by atoms with van der Waals surface area (Å²) < 4.78 is 44.9. The third-order valence-electron chi connectivity index (χ3n) is 3.45. The van der Waals surface area contributed by atoms with E-state index in [2.05, 4.69) is 25.9 Å². The molecule has 4 nitrogen and oxygen atoms in total. The van der Waals surface area contributed by atoms with E-state index in [1.165, 1.54) is 6.07 Å². The largest absolute Gasteiger partial charge is 0.439 e. The Hall–Kier alpha value is -1.80. The minimum Gasteiger partial charge on any atom is -0.439 e. The summed E-state index contributed by atoms with van der Waals surface area (Å²) in [7, 11) is 1.89. The molecule has 1 heterocycles. The summed E-state index contributed by atoms with van der Waals surface area (Å²) >= 11 is 9.00. The van der Waals surface area contributed by atoms with Crippen LogP contribution in [0.2, 0.25) is 5.02 Å². The summed E-state index contributed by atoms with van der Waals surface area (Å²) in [5.74, 6) is 0.134. The van der Waals surface area contributed by atoms with Crippen LogP contribution in [0.25, 0.3) is 0 Å². The number of hydrogen-bond acceptors (Lipinski definition) is 3. The summed E-state index contributed by atoms with van der Waals surface area (Å²) in [6.45, 7) is 4.52. The molecule has 0 atom stereocenters. The van der Waals surface area contributed by atoms with Gasteiger partial charge in [-0.25, -0.2) is 9.98 Å². The Morgan fingerprint density at radius 1 is 1.35 bits per heavy atom. The van der Waals surface area contributed by atoms with Crippen molar-refractivity contribution in [1.29, 1.82) is 0 Å². The zero-order valence-electron chi connectivity index (χ0n) is 14.2. The first-order chi connectivity index (χ1) is 12.1. The van der Waals surface area contributed by atoms with Gasteiger partial charge in [-0.3, -0.25) is 0 Å². The van der Waals surface area contributed by atoms with Gasteiger partial charge in [-0.1, -0.05) is 11.6 Å². The molecular weight excluding hydrogens is 435 g/mol. The molecule has 140 valence electrons. The lowest BCUT2D eigenvalue weighted by molar-refractivity contribution is -0.137. The second kappa shape index (κ2) is 8.26. The summed E-state index contributed by atoms with van der Waals surface area (Å²) in [6, 6.07) is 4.88. The molecule has 0 aliphatic heterocycles. The number of pyridine rings is 1. The monoisotopic (exact) mass is 449 g/mol. The number of ether oxygens (including phenoxy) is 1. The Balaban J connectivity index is 2.30. The fourth-order valence-corrected chi connectivity index (χ4v) is 2.76. The lowest BCUT2D eigenvalue weighted by Gasteiger charge is -2.13. The Bertz CT molecular complexity index is 804. The van der Waals surface area contributed by atoms with Crippen LogP contribution in [0.1, 0.15) is 18.2 Å². The van der Waals surface area contributed by atoms with Crippen LogP contribution in [-0.4, -0.2) is 29.8 Å². The first-order valence-corrected chi connectivity index (χ1v) is 8.75. The third-order valence-corrected chi connectivity index (χ3v) is 4.38. The van der Waals surface area contributed by atoms with E-state index < -0.39 is 11.7 Å². The maximum atomic E-state index is 12.9. The van der Waals surface area contributed by atoms with Crippen molar-refractivity contribution in [2.45, 2.75) is 20.0 Å². The normalized spacial score (nSPS) is 11.8. The standard InChI is InChI=1S/C17H16BrClF3N3O/c1-4-25(3)9-23-16-10(2)24-15(8-13(16)18)26-11-5-6-14(19)12(7-11)17(20,21)22/h5-9H,4H2,1-3H3. The predicted molar refractivity (Wildman–Crippen MR) is 99.7 cm³/mol. The highest BCUT2D eigenvalue weighted by atomic mass is 79.9. The molecule has 0 bridgehead atoms. The fourth-order valence-electron chi connectivity index (χ4n) is 1.95. The van der Waals surface area contributed by atoms with Crippen LogP contribution >= 0.6 is 27.5 Å². The van der Waals surface area contributed by atoms with Gasteiger partial charge in [0.15, 0.2) is 0 Å². The molecule has 0 amide bonds. The van der Waals surface area contributed by atoms with Crippen molar-refractivity contribution in [3.63, 3.8) is 0 Å². The molecule has 9 heteroatoms. The summed E-state index contributed by atoms with van der Waals surface area (Å²) in [5.41, 5.74) is 0.223. The van der Waals surface area contributed by atoms with Gasteiger partial charge in [0, 0.05) is 19.7 Å². The topological polar surface area (TPSA) is 37.7 Å². The molecule has 0 saturated carbocycles. The van der Waals surface area contributed by atoms with Crippen LogP contribution in [0, 0.1) is 6.92 Å². The van der Waals surface area contributed by atoms with Gasteiger partial charge in [-0.15, -0.1) is 0 Å². The molecule has 0 radical (unpaired) electrons. The molecule has 0 saturated heterocycles. The average molecular weight is 451 g/mol. The number of halogens is 5. The zero-order valence-corrected chi connectivity index (χ0v) is 16.6. The fraction of sp³-hybridized carbons (Fsp3) is 0.294. The highest BCUT2D eigenvalue weighted by molar-refractivity contribution is 9.10. The van der Waals surface area contributed by atoms with Crippen LogP contribution in [0.3, 0.4) is 0 Å². The first-order valence-electron chi connectivity index (χ1n) is 7.58. The number of alkyl halides is 3. The number of rotatable bonds is 5. The SMILES string of the molecule is CCN(C)C=Nc1c(Br)cc(Oc2ccc(Cl)c(C(F)(F)F)c2)nc1C. The minimum absolute atomic E-state index is 0.0116. The van der Waals surface area contributed by atoms with Gasteiger partial charge < -0.3 is 9.64 Å². The number of benzene rings is 1. The molecule has 2 rings (SSSR count). The molecule has 0 aliphatic rings. The molecule has 0 aliphatic carbocycles. The molecule has 26 heavy (non-hydrogen) atoms. The van der Waals surface area contributed by atoms with E-state index in [1.807, 2.05) is 18.9 Å². The Kier molecular flexibility index (Phi) is 6.52. The van der Waals surface area contributed by atoms with Crippen LogP contribution in [0.15, 0.2) is 33.7 Å². The van der Waals surface area contributed by atoms with Crippen molar-refractivity contribution in [1.82, 2.24) is 9.88 Å². The number of hydrogen-bond donors (Lipinski definition) is 0. The first kappa shape index (κ1) is 20.5. The van der Waals surface area contributed by atoms with E-state index in [4.69, 9.17) is 16.3 Å². The predicted octanol–water partition coefficient (Wildman–Crippen LogP) is 6.23. The molecule has 0 N–H and O–H groups in total. The van der Waals surface area contributed by atoms with Crippen molar-refractivity contribution < 1.29 is 17.9 Å². The smallest absolute Gasteiger partial charge is 0.417 e. The van der Waals surface area contributed by atoms with E-state index in [0.717, 1.165) is 18.7 Å². The summed E-state index contributed by atoms with van der Waals surface area (Å²) in [6.07, 6.45) is -2.89. The molecule has 0 unspecified atom stereocenters. The van der Waals surface area contributed by atoms with Crippen molar-refractivity contribution in [2.75, 3.05) is 13.6 Å². The van der Waals surface area contributed by atoms with E-state index in [1.54, 1.807) is 19.3 Å². The summed E-state index contributed by atoms with van der Waals surface area (Å²) in [4.78, 5) is 10.5. The van der Waals surface area contributed by atoms with Crippen LogP contribution in [0.4, 0.5) is 18.9 Å². The van der Waals surface area contributed by atoms with Gasteiger partial charge in [-0.2, -0.15) is 13.2 Å². The Morgan fingerprint density at radius 3 is 2.62 bits per heavy atom. The molecular formula is C17H16BrClF3N3O.